The van der Waals surface area contributed by atoms with E-state index in [9.17, 15) is 4.79 Å². The van der Waals surface area contributed by atoms with Gasteiger partial charge in [0.25, 0.3) is 0 Å². The first-order valence-corrected chi connectivity index (χ1v) is 13.9. The zero-order valence-corrected chi connectivity index (χ0v) is 23.4. The molecule has 194 valence electrons. The van der Waals surface area contributed by atoms with Crippen LogP contribution in [-0.4, -0.2) is 27.4 Å². The molecule has 1 saturated heterocycles. The van der Waals surface area contributed by atoms with Crippen molar-refractivity contribution >= 4 is 52.3 Å². The zero-order chi connectivity index (χ0) is 26.6. The summed E-state index contributed by atoms with van der Waals surface area (Å²) in [5.41, 5.74) is 3.80. The Bertz CT molecular complexity index is 1440. The lowest BCUT2D eigenvalue weighted by molar-refractivity contribution is -0.116. The third kappa shape index (κ3) is 6.04. The number of hydrogen-bond donors (Lipinski definition) is 2. The highest BCUT2D eigenvalue weighted by Gasteiger charge is 2.41. The molecule has 1 aliphatic rings. The SMILES string of the molecule is Cc1ccc(C)c(NC(=O)CCN2C(=S)N[C@H](c3ccccn3)[C@H]2c2ccc(Sc3ccc(Cl)cc3)o2)c1. The topological polar surface area (TPSA) is 70.4 Å². The molecule has 2 aromatic heterocycles. The second-order valence-corrected chi connectivity index (χ2v) is 11.1. The largest absolute Gasteiger partial charge is 0.452 e. The van der Waals surface area contributed by atoms with Gasteiger partial charge >= 0.3 is 0 Å². The third-order valence-corrected chi connectivity index (χ3v) is 7.90. The van der Waals surface area contributed by atoms with Crippen LogP contribution in [0.4, 0.5) is 5.69 Å². The lowest BCUT2D eigenvalue weighted by atomic mass is 10.0. The van der Waals surface area contributed by atoms with Gasteiger partial charge in [0.05, 0.1) is 11.7 Å². The summed E-state index contributed by atoms with van der Waals surface area (Å²) in [4.78, 5) is 20.5. The number of aromatic nitrogens is 1. The number of amides is 1. The van der Waals surface area contributed by atoms with E-state index in [2.05, 4.69) is 15.6 Å². The Balaban J connectivity index is 1.36. The molecule has 2 atom stereocenters. The number of halogens is 1. The number of rotatable bonds is 8. The number of carbonyl (C=O) groups excluding carboxylic acids is 1. The first-order chi connectivity index (χ1) is 18.4. The van der Waals surface area contributed by atoms with Gasteiger partial charge in [-0.25, -0.2) is 0 Å². The van der Waals surface area contributed by atoms with E-state index in [0.29, 0.717) is 16.7 Å². The maximum absolute atomic E-state index is 12.9. The van der Waals surface area contributed by atoms with Crippen LogP contribution >= 0.6 is 35.6 Å². The molecule has 4 aromatic rings. The van der Waals surface area contributed by atoms with Gasteiger partial charge < -0.3 is 20.0 Å². The van der Waals surface area contributed by atoms with Crippen molar-refractivity contribution in [3.05, 3.63) is 107 Å². The summed E-state index contributed by atoms with van der Waals surface area (Å²) < 4.78 is 6.32. The van der Waals surface area contributed by atoms with Gasteiger partial charge in [-0.05, 0) is 91.8 Å². The summed E-state index contributed by atoms with van der Waals surface area (Å²) in [6, 6.07) is 22.9. The van der Waals surface area contributed by atoms with E-state index in [-0.39, 0.29) is 24.4 Å². The van der Waals surface area contributed by atoms with Crippen LogP contribution in [0.3, 0.4) is 0 Å². The van der Waals surface area contributed by atoms with Gasteiger partial charge in [0.1, 0.15) is 11.8 Å². The van der Waals surface area contributed by atoms with Gasteiger partial charge in [-0.2, -0.15) is 0 Å². The van der Waals surface area contributed by atoms with E-state index in [1.54, 1.807) is 6.20 Å². The number of hydrogen-bond acceptors (Lipinski definition) is 5. The molecule has 0 aliphatic carbocycles. The standard InChI is InChI=1S/C29H27ClN4O2S2/c1-18-6-7-19(2)23(17-18)32-25(35)14-16-34-28(27(33-29(34)37)22-5-3-4-15-31-22)24-12-13-26(36-24)38-21-10-8-20(30)9-11-21/h3-13,15,17,27-28H,14,16H2,1-2H3,(H,32,35)(H,33,37)/t27-,28-/m1/s1. The van der Waals surface area contributed by atoms with E-state index in [0.717, 1.165) is 38.3 Å². The molecule has 3 heterocycles. The molecule has 0 spiro atoms. The Morgan fingerprint density at radius 3 is 2.71 bits per heavy atom. The molecule has 6 nitrogen and oxygen atoms in total. The molecule has 1 amide bonds. The van der Waals surface area contributed by atoms with Crippen LogP contribution in [0.25, 0.3) is 0 Å². The smallest absolute Gasteiger partial charge is 0.226 e. The minimum Gasteiger partial charge on any atom is -0.452 e. The Morgan fingerprint density at radius 1 is 1.13 bits per heavy atom. The average molecular weight is 563 g/mol. The highest BCUT2D eigenvalue weighted by molar-refractivity contribution is 7.99. The summed E-state index contributed by atoms with van der Waals surface area (Å²) in [5.74, 6) is 0.680. The monoisotopic (exact) mass is 562 g/mol. The minimum absolute atomic E-state index is 0.0695. The molecule has 2 aromatic carbocycles. The number of nitrogens with zero attached hydrogens (tertiary/aromatic N) is 2. The van der Waals surface area contributed by atoms with Gasteiger partial charge in [-0.15, -0.1) is 0 Å². The number of nitrogens with one attached hydrogen (secondary N) is 2. The molecular formula is C29H27ClN4O2S2. The predicted octanol–water partition coefficient (Wildman–Crippen LogP) is 7.10. The van der Waals surface area contributed by atoms with E-state index in [4.69, 9.17) is 28.2 Å². The van der Waals surface area contributed by atoms with Gasteiger partial charge in [0, 0.05) is 34.8 Å². The maximum Gasteiger partial charge on any atom is 0.226 e. The molecular weight excluding hydrogens is 536 g/mol. The Morgan fingerprint density at radius 2 is 1.95 bits per heavy atom. The second-order valence-electron chi connectivity index (χ2n) is 9.15. The molecule has 2 N–H and O–H groups in total. The highest BCUT2D eigenvalue weighted by atomic mass is 35.5. The minimum atomic E-state index is -0.259. The Labute approximate surface area is 236 Å². The highest BCUT2D eigenvalue weighted by Crippen LogP contribution is 2.41. The van der Waals surface area contributed by atoms with Gasteiger partial charge in [-0.1, -0.05) is 41.6 Å². The van der Waals surface area contributed by atoms with Crippen LogP contribution in [0, 0.1) is 13.8 Å². The predicted molar refractivity (Wildman–Crippen MR) is 156 cm³/mol. The lowest BCUT2D eigenvalue weighted by Crippen LogP contribution is -2.32. The molecule has 0 unspecified atom stereocenters. The number of aryl methyl sites for hydroxylation is 2. The van der Waals surface area contributed by atoms with E-state index in [1.807, 2.05) is 91.5 Å². The van der Waals surface area contributed by atoms with Crippen molar-refractivity contribution in [2.24, 2.45) is 0 Å². The van der Waals surface area contributed by atoms with Crippen molar-refractivity contribution in [2.45, 2.75) is 42.3 Å². The van der Waals surface area contributed by atoms with E-state index < -0.39 is 0 Å². The normalized spacial score (nSPS) is 16.9. The fourth-order valence-corrected chi connectivity index (χ4v) is 5.66. The number of thiocarbonyl (C=S) groups is 1. The molecule has 5 rings (SSSR count). The molecule has 0 radical (unpaired) electrons. The maximum atomic E-state index is 12.9. The fourth-order valence-electron chi connectivity index (χ4n) is 4.43. The summed E-state index contributed by atoms with van der Waals surface area (Å²) in [6.07, 6.45) is 2.04. The summed E-state index contributed by atoms with van der Waals surface area (Å²) >= 11 is 13.3. The van der Waals surface area contributed by atoms with Crippen LogP contribution in [0.1, 0.15) is 41.1 Å². The van der Waals surface area contributed by atoms with Crippen LogP contribution in [0.15, 0.2) is 93.4 Å². The quantitative estimate of drug-likeness (QED) is 0.222. The first-order valence-electron chi connectivity index (χ1n) is 12.3. The van der Waals surface area contributed by atoms with Crippen LogP contribution < -0.4 is 10.6 Å². The number of furan rings is 1. The molecule has 9 heteroatoms. The molecule has 1 fully saturated rings. The van der Waals surface area contributed by atoms with Gasteiger partial charge in [0.15, 0.2) is 10.2 Å². The van der Waals surface area contributed by atoms with E-state index >= 15 is 0 Å². The number of anilines is 1. The van der Waals surface area contributed by atoms with Gasteiger partial charge in [0.2, 0.25) is 5.91 Å². The van der Waals surface area contributed by atoms with Crippen molar-refractivity contribution in [1.82, 2.24) is 15.2 Å². The number of pyridine rings is 1. The second kappa shape index (κ2) is 11.6. The van der Waals surface area contributed by atoms with Crippen LogP contribution in [-0.2, 0) is 4.79 Å². The van der Waals surface area contributed by atoms with E-state index in [1.165, 1.54) is 11.8 Å². The molecule has 1 aliphatic heterocycles. The average Bonchev–Trinajstić information content (AvgIpc) is 3.50. The zero-order valence-electron chi connectivity index (χ0n) is 21.0. The number of carbonyl (C=O) groups is 1. The first kappa shape index (κ1) is 26.3. The van der Waals surface area contributed by atoms with Gasteiger partial charge in [-0.3, -0.25) is 9.78 Å². The number of benzene rings is 2. The van der Waals surface area contributed by atoms with Crippen LogP contribution in [0.2, 0.25) is 5.02 Å². The molecule has 38 heavy (non-hydrogen) atoms. The summed E-state index contributed by atoms with van der Waals surface area (Å²) in [6.45, 7) is 4.42. The van der Waals surface area contributed by atoms with Crippen molar-refractivity contribution in [3.63, 3.8) is 0 Å². The van der Waals surface area contributed by atoms with Crippen LogP contribution in [0.5, 0.6) is 0 Å². The molecule has 0 bridgehead atoms. The summed E-state index contributed by atoms with van der Waals surface area (Å²) in [7, 11) is 0. The third-order valence-electron chi connectivity index (χ3n) is 6.37. The van der Waals surface area contributed by atoms with Crippen molar-refractivity contribution in [1.29, 1.82) is 0 Å². The summed E-state index contributed by atoms with van der Waals surface area (Å²) in [5, 5.41) is 8.46. The lowest BCUT2D eigenvalue weighted by Gasteiger charge is -2.25. The molecule has 0 saturated carbocycles. The van der Waals surface area contributed by atoms with Crippen molar-refractivity contribution in [2.75, 3.05) is 11.9 Å². The van der Waals surface area contributed by atoms with Crippen molar-refractivity contribution < 1.29 is 9.21 Å². The Kier molecular flexibility index (Phi) is 8.02. The fraction of sp³-hybridized carbons (Fsp3) is 0.207. The Hall–Kier alpha value is -3.33. The van der Waals surface area contributed by atoms with Crippen molar-refractivity contribution in [3.8, 4) is 0 Å².